The van der Waals surface area contributed by atoms with Crippen molar-refractivity contribution in [1.29, 1.82) is 0 Å². The van der Waals surface area contributed by atoms with E-state index in [0.717, 1.165) is 0 Å². The first-order valence-electron chi connectivity index (χ1n) is 6.04. The van der Waals surface area contributed by atoms with Gasteiger partial charge in [0.1, 0.15) is 5.75 Å². The maximum absolute atomic E-state index is 11.4. The standard InChI is InChI=1S/C15H13NO5/c1-21-12-8-3-2-6-10(12)16-11-7-4-5-9(14(17)18)13(11)15(19)20/h2-8,16H,1H3,(H,17,18)(H,19,20). The monoisotopic (exact) mass is 287 g/mol. The van der Waals surface area contributed by atoms with Gasteiger partial charge in [-0.15, -0.1) is 0 Å². The van der Waals surface area contributed by atoms with Gasteiger partial charge in [0.25, 0.3) is 0 Å². The van der Waals surface area contributed by atoms with Gasteiger partial charge in [-0.2, -0.15) is 0 Å². The molecule has 0 aromatic heterocycles. The van der Waals surface area contributed by atoms with Gasteiger partial charge in [0.15, 0.2) is 0 Å². The van der Waals surface area contributed by atoms with Gasteiger partial charge in [-0.3, -0.25) is 0 Å². The normalized spacial score (nSPS) is 9.95. The summed E-state index contributed by atoms with van der Waals surface area (Å²) in [7, 11) is 1.49. The average molecular weight is 287 g/mol. The predicted molar refractivity (Wildman–Crippen MR) is 76.6 cm³/mol. The van der Waals surface area contributed by atoms with Crippen LogP contribution in [0, 0.1) is 0 Å². The third kappa shape index (κ3) is 2.94. The highest BCUT2D eigenvalue weighted by molar-refractivity contribution is 6.06. The van der Waals surface area contributed by atoms with Crippen LogP contribution in [0.1, 0.15) is 20.7 Å². The zero-order valence-corrected chi connectivity index (χ0v) is 11.2. The lowest BCUT2D eigenvalue weighted by molar-refractivity contribution is 0.0652. The van der Waals surface area contributed by atoms with Crippen LogP contribution in [-0.2, 0) is 0 Å². The lowest BCUT2D eigenvalue weighted by Gasteiger charge is -2.14. The number of carboxylic acid groups (broad SMARTS) is 2. The Hall–Kier alpha value is -3.02. The number of carbonyl (C=O) groups is 2. The predicted octanol–water partition coefficient (Wildman–Crippen LogP) is 2.84. The molecule has 0 aliphatic rings. The summed E-state index contributed by atoms with van der Waals surface area (Å²) in [5.41, 5.74) is 0.162. The molecule has 108 valence electrons. The number of carboxylic acids is 2. The molecule has 0 saturated heterocycles. The summed E-state index contributed by atoms with van der Waals surface area (Å²) in [6, 6.07) is 11.2. The number of hydrogen-bond acceptors (Lipinski definition) is 4. The molecule has 2 rings (SSSR count). The first kappa shape index (κ1) is 14.4. The topological polar surface area (TPSA) is 95.9 Å². The molecule has 0 aliphatic heterocycles. The van der Waals surface area contributed by atoms with Crippen molar-refractivity contribution in [1.82, 2.24) is 0 Å². The minimum Gasteiger partial charge on any atom is -0.495 e. The molecule has 0 amide bonds. The van der Waals surface area contributed by atoms with Crippen LogP contribution in [-0.4, -0.2) is 29.3 Å². The first-order chi connectivity index (χ1) is 10.0. The van der Waals surface area contributed by atoms with E-state index >= 15 is 0 Å². The number of nitrogens with one attached hydrogen (secondary N) is 1. The Labute approximate surface area is 120 Å². The van der Waals surface area contributed by atoms with Crippen LogP contribution in [0.2, 0.25) is 0 Å². The van der Waals surface area contributed by atoms with Crippen molar-refractivity contribution in [2.24, 2.45) is 0 Å². The first-order valence-corrected chi connectivity index (χ1v) is 6.04. The summed E-state index contributed by atoms with van der Waals surface area (Å²) in [5, 5.41) is 21.3. The van der Waals surface area contributed by atoms with Crippen LogP contribution in [0.25, 0.3) is 0 Å². The van der Waals surface area contributed by atoms with E-state index in [1.54, 1.807) is 24.3 Å². The summed E-state index contributed by atoms with van der Waals surface area (Å²) >= 11 is 0. The fraction of sp³-hybridized carbons (Fsp3) is 0.0667. The molecule has 0 spiro atoms. The van der Waals surface area contributed by atoms with Crippen molar-refractivity contribution in [3.63, 3.8) is 0 Å². The van der Waals surface area contributed by atoms with Gasteiger partial charge in [-0.25, -0.2) is 9.59 Å². The summed E-state index contributed by atoms with van der Waals surface area (Å²) in [5.74, 6) is -2.09. The molecule has 6 heteroatoms. The Morgan fingerprint density at radius 1 is 0.952 bits per heavy atom. The summed E-state index contributed by atoms with van der Waals surface area (Å²) < 4.78 is 5.17. The zero-order valence-electron chi connectivity index (χ0n) is 11.2. The molecule has 2 aromatic carbocycles. The van der Waals surface area contributed by atoms with Crippen molar-refractivity contribution < 1.29 is 24.5 Å². The van der Waals surface area contributed by atoms with E-state index in [9.17, 15) is 14.7 Å². The van der Waals surface area contributed by atoms with Crippen molar-refractivity contribution >= 4 is 23.3 Å². The van der Waals surface area contributed by atoms with Crippen LogP contribution in [0.5, 0.6) is 5.75 Å². The van der Waals surface area contributed by atoms with Crippen LogP contribution in [0.4, 0.5) is 11.4 Å². The quantitative estimate of drug-likeness (QED) is 0.782. The van der Waals surface area contributed by atoms with Crippen LogP contribution in [0.3, 0.4) is 0 Å². The van der Waals surface area contributed by atoms with Gasteiger partial charge < -0.3 is 20.3 Å². The van der Waals surface area contributed by atoms with Gasteiger partial charge in [0, 0.05) is 0 Å². The second-order valence-corrected chi connectivity index (χ2v) is 4.16. The number of rotatable bonds is 5. The van der Waals surface area contributed by atoms with E-state index in [2.05, 4.69) is 5.32 Å². The number of hydrogen-bond donors (Lipinski definition) is 3. The maximum Gasteiger partial charge on any atom is 0.338 e. The zero-order chi connectivity index (χ0) is 15.4. The maximum atomic E-state index is 11.4. The largest absolute Gasteiger partial charge is 0.495 e. The van der Waals surface area contributed by atoms with Gasteiger partial charge in [-0.1, -0.05) is 18.2 Å². The Kier molecular flexibility index (Phi) is 4.08. The molecule has 0 unspecified atom stereocenters. The SMILES string of the molecule is COc1ccccc1Nc1cccc(C(=O)O)c1C(=O)O. The molecular weight excluding hydrogens is 274 g/mol. The van der Waals surface area contributed by atoms with Gasteiger partial charge in [0.2, 0.25) is 0 Å². The highest BCUT2D eigenvalue weighted by Crippen LogP contribution is 2.30. The van der Waals surface area contributed by atoms with Crippen LogP contribution in [0.15, 0.2) is 42.5 Å². The van der Waals surface area contributed by atoms with E-state index in [4.69, 9.17) is 9.84 Å². The third-order valence-corrected chi connectivity index (χ3v) is 2.89. The molecule has 2 aromatic rings. The Morgan fingerprint density at radius 3 is 2.24 bits per heavy atom. The number of ether oxygens (including phenoxy) is 1. The van der Waals surface area contributed by atoms with Crippen LogP contribution < -0.4 is 10.1 Å². The molecule has 0 bridgehead atoms. The van der Waals surface area contributed by atoms with E-state index < -0.39 is 11.9 Å². The molecule has 0 aliphatic carbocycles. The molecule has 0 saturated carbocycles. The van der Waals surface area contributed by atoms with Gasteiger partial charge >= 0.3 is 11.9 Å². The molecule has 0 fully saturated rings. The van der Waals surface area contributed by atoms with Crippen molar-refractivity contribution in [3.8, 4) is 5.75 Å². The van der Waals surface area contributed by atoms with Crippen molar-refractivity contribution in [3.05, 3.63) is 53.6 Å². The molecule has 21 heavy (non-hydrogen) atoms. The highest BCUT2D eigenvalue weighted by Gasteiger charge is 2.20. The van der Waals surface area contributed by atoms with E-state index in [1.807, 2.05) is 0 Å². The van der Waals surface area contributed by atoms with E-state index in [1.165, 1.54) is 25.3 Å². The van der Waals surface area contributed by atoms with Gasteiger partial charge in [0.05, 0.1) is 29.6 Å². The second-order valence-electron chi connectivity index (χ2n) is 4.16. The molecule has 3 N–H and O–H groups in total. The van der Waals surface area contributed by atoms with E-state index in [-0.39, 0.29) is 16.8 Å². The van der Waals surface area contributed by atoms with E-state index in [0.29, 0.717) is 11.4 Å². The van der Waals surface area contributed by atoms with Gasteiger partial charge in [-0.05, 0) is 24.3 Å². The number of para-hydroxylation sites is 2. The fourth-order valence-corrected chi connectivity index (χ4v) is 1.96. The minimum absolute atomic E-state index is 0.187. The summed E-state index contributed by atoms with van der Waals surface area (Å²) in [4.78, 5) is 22.5. The number of aromatic carboxylic acids is 2. The second kappa shape index (κ2) is 5.96. The highest BCUT2D eigenvalue weighted by atomic mass is 16.5. The third-order valence-electron chi connectivity index (χ3n) is 2.89. The minimum atomic E-state index is -1.31. The molecule has 0 heterocycles. The van der Waals surface area contributed by atoms with Crippen molar-refractivity contribution in [2.45, 2.75) is 0 Å². The number of anilines is 2. The lowest BCUT2D eigenvalue weighted by atomic mass is 10.0. The average Bonchev–Trinajstić information content (AvgIpc) is 2.47. The molecule has 0 atom stereocenters. The Bertz CT molecular complexity index is 696. The Morgan fingerprint density at radius 2 is 1.62 bits per heavy atom. The summed E-state index contributed by atoms with van der Waals surface area (Å²) in [6.45, 7) is 0. The molecule has 0 radical (unpaired) electrons. The van der Waals surface area contributed by atoms with Crippen LogP contribution >= 0.6 is 0 Å². The number of methoxy groups -OCH3 is 1. The lowest BCUT2D eigenvalue weighted by Crippen LogP contribution is -2.11. The Balaban J connectivity index is 2.52. The summed E-state index contributed by atoms with van der Waals surface area (Å²) in [6.07, 6.45) is 0. The fourth-order valence-electron chi connectivity index (χ4n) is 1.96. The van der Waals surface area contributed by atoms with Crippen molar-refractivity contribution in [2.75, 3.05) is 12.4 Å². The number of benzene rings is 2. The smallest absolute Gasteiger partial charge is 0.338 e. The molecular formula is C15H13NO5. The molecule has 6 nitrogen and oxygen atoms in total.